The number of nitriles is 1. The normalized spacial score (nSPS) is 12.3. The van der Waals surface area contributed by atoms with E-state index < -0.39 is 14.4 Å². The van der Waals surface area contributed by atoms with Crippen molar-refractivity contribution in [2.45, 2.75) is 38.5 Å². The number of nitrogens with one attached hydrogen (secondary N) is 1. The Morgan fingerprint density at radius 3 is 2.02 bits per heavy atom. The number of aromatic nitrogens is 2. The molecule has 0 spiro atoms. The lowest BCUT2D eigenvalue weighted by Gasteiger charge is -2.43. The summed E-state index contributed by atoms with van der Waals surface area (Å²) in [6, 6.07) is 36.9. The smallest absolute Gasteiger partial charge is 0.263 e. The van der Waals surface area contributed by atoms with E-state index in [9.17, 15) is 10.1 Å². The number of halogens is 1. The molecular weight excluding hydrogens is 600 g/mol. The first-order chi connectivity index (χ1) is 21.7. The Morgan fingerprint density at radius 1 is 0.933 bits per heavy atom. The lowest BCUT2D eigenvalue weighted by Crippen LogP contribution is -2.66. The van der Waals surface area contributed by atoms with Crippen LogP contribution in [0.5, 0.6) is 5.75 Å². The number of imidazole rings is 1. The maximum atomic E-state index is 13.5. The zero-order valence-corrected chi connectivity index (χ0v) is 27.5. The lowest BCUT2D eigenvalue weighted by atomic mass is 10.2. The molecule has 0 aliphatic carbocycles. The summed E-state index contributed by atoms with van der Waals surface area (Å²) in [7, 11) is -1.52. The Balaban J connectivity index is 1.62. The van der Waals surface area contributed by atoms with Crippen molar-refractivity contribution in [2.24, 2.45) is 0 Å². The molecule has 1 aromatic heterocycles. The minimum Gasteiger partial charge on any atom is -0.497 e. The third-order valence-corrected chi connectivity index (χ3v) is 13.0. The number of nitrogens with zero attached hydrogens (tertiary/aromatic N) is 3. The summed E-state index contributed by atoms with van der Waals surface area (Å²) in [5.41, 5.74) is 1.72. The van der Waals surface area contributed by atoms with Crippen molar-refractivity contribution >= 4 is 42.0 Å². The number of anilines is 1. The molecule has 0 radical (unpaired) electrons. The van der Waals surface area contributed by atoms with Crippen LogP contribution in [0.1, 0.15) is 48.5 Å². The van der Waals surface area contributed by atoms with Crippen LogP contribution in [0.2, 0.25) is 10.1 Å². The predicted molar refractivity (Wildman–Crippen MR) is 181 cm³/mol. The van der Waals surface area contributed by atoms with Crippen molar-refractivity contribution < 1.29 is 14.0 Å². The average molecular weight is 635 g/mol. The van der Waals surface area contributed by atoms with Crippen LogP contribution in [0.3, 0.4) is 0 Å². The zero-order valence-electron chi connectivity index (χ0n) is 25.7. The van der Waals surface area contributed by atoms with Gasteiger partial charge >= 0.3 is 0 Å². The fourth-order valence-electron chi connectivity index (χ4n) is 5.57. The molecular formula is C36H35ClN4O3Si. The fraction of sp³-hybridized carbons (Fsp3) is 0.194. The summed E-state index contributed by atoms with van der Waals surface area (Å²) in [5.74, 6) is 0.770. The first-order valence-corrected chi connectivity index (χ1v) is 16.9. The summed E-state index contributed by atoms with van der Waals surface area (Å²) >= 11 is 6.08. The van der Waals surface area contributed by atoms with Crippen LogP contribution < -0.4 is 20.4 Å². The first kappa shape index (κ1) is 31.7. The molecule has 5 rings (SSSR count). The highest BCUT2D eigenvalue weighted by molar-refractivity contribution is 6.99. The van der Waals surface area contributed by atoms with Gasteiger partial charge < -0.3 is 19.0 Å². The van der Waals surface area contributed by atoms with E-state index >= 15 is 0 Å². The predicted octanol–water partition coefficient (Wildman–Crippen LogP) is 6.99. The van der Waals surface area contributed by atoms with Gasteiger partial charge in [0.05, 0.1) is 20.0 Å². The van der Waals surface area contributed by atoms with Gasteiger partial charge in [-0.15, -0.1) is 0 Å². The van der Waals surface area contributed by atoms with Gasteiger partial charge in [0.15, 0.2) is 6.10 Å². The molecule has 0 aliphatic rings. The van der Waals surface area contributed by atoms with Crippen molar-refractivity contribution in [3.05, 3.63) is 137 Å². The summed E-state index contributed by atoms with van der Waals surface area (Å²) in [6.45, 7) is 6.85. The third kappa shape index (κ3) is 6.71. The monoisotopic (exact) mass is 634 g/mol. The van der Waals surface area contributed by atoms with Crippen LogP contribution in [0, 0.1) is 11.3 Å². The van der Waals surface area contributed by atoms with Gasteiger partial charge in [-0.1, -0.05) is 105 Å². The highest BCUT2D eigenvalue weighted by Crippen LogP contribution is 2.40. The van der Waals surface area contributed by atoms with Crippen LogP contribution in [0.15, 0.2) is 116 Å². The maximum absolute atomic E-state index is 13.5. The minimum absolute atomic E-state index is 0.335. The summed E-state index contributed by atoms with van der Waals surface area (Å²) in [5, 5.41) is 16.0. The van der Waals surface area contributed by atoms with Gasteiger partial charge in [0, 0.05) is 10.6 Å². The van der Waals surface area contributed by atoms with Gasteiger partial charge in [-0.05, 0) is 57.4 Å². The Bertz CT molecular complexity index is 1740. The van der Waals surface area contributed by atoms with E-state index in [1.165, 1.54) is 0 Å². The second kappa shape index (κ2) is 13.5. The fourth-order valence-corrected chi connectivity index (χ4v) is 10.2. The van der Waals surface area contributed by atoms with Crippen LogP contribution in [-0.4, -0.2) is 30.9 Å². The number of carbonyl (C=O) groups is 1. The van der Waals surface area contributed by atoms with Crippen molar-refractivity contribution in [3.8, 4) is 11.8 Å². The molecule has 7 nitrogen and oxygen atoms in total. The van der Waals surface area contributed by atoms with Gasteiger partial charge in [-0.3, -0.25) is 4.79 Å². The Hall–Kier alpha value is -4.68. The van der Waals surface area contributed by atoms with E-state index in [1.807, 2.05) is 65.2 Å². The molecule has 1 atom stereocenters. The number of hydrogen-bond donors (Lipinski definition) is 1. The average Bonchev–Trinajstić information content (AvgIpc) is 3.43. The number of carbonyl (C=O) groups excluding carboxylic acids is 1. The van der Waals surface area contributed by atoms with Crippen LogP contribution in [-0.2, 0) is 11.0 Å². The topological polar surface area (TPSA) is 89.2 Å². The summed E-state index contributed by atoms with van der Waals surface area (Å²) in [4.78, 5) is 18.2. The summed E-state index contributed by atoms with van der Waals surface area (Å²) in [6.07, 6.45) is 0.546. The van der Waals surface area contributed by atoms with Crippen LogP contribution in [0.4, 0.5) is 5.82 Å². The number of hydrogen-bond acceptors (Lipinski definition) is 5. The van der Waals surface area contributed by atoms with E-state index in [2.05, 4.69) is 56.4 Å². The standard InChI is InChI=1S/C36H35ClN4O3Si/c1-36(2,3)45(30-11-7-5-8-12-30,31-13-9-6-10-14-31)44-32(23-38)33-34(40-35(42)27-17-19-28(37)20-18-27)41(25-39-33)24-26-15-21-29(43-4)22-16-26/h5-22,25,32H,24H2,1-4H3,(H,40,42)/t32-/m1/s1. The highest BCUT2D eigenvalue weighted by Gasteiger charge is 2.52. The molecule has 228 valence electrons. The van der Waals surface area contributed by atoms with Gasteiger partial charge in [0.1, 0.15) is 23.3 Å². The van der Waals surface area contributed by atoms with E-state index in [-0.39, 0.29) is 10.9 Å². The maximum Gasteiger partial charge on any atom is 0.263 e. The van der Waals surface area contributed by atoms with E-state index in [1.54, 1.807) is 37.7 Å². The zero-order chi connectivity index (χ0) is 32.0. The molecule has 0 bridgehead atoms. The number of methoxy groups -OCH3 is 1. The molecule has 1 heterocycles. The quantitative estimate of drug-likeness (QED) is 0.167. The second-order valence-electron chi connectivity index (χ2n) is 11.7. The number of rotatable bonds is 10. The molecule has 45 heavy (non-hydrogen) atoms. The molecule has 0 fully saturated rings. The van der Waals surface area contributed by atoms with Gasteiger partial charge in [-0.25, -0.2) is 4.98 Å². The van der Waals surface area contributed by atoms with Crippen molar-refractivity contribution in [3.63, 3.8) is 0 Å². The number of amides is 1. The lowest BCUT2D eigenvalue weighted by molar-refractivity contribution is 0.102. The molecule has 0 unspecified atom stereocenters. The Morgan fingerprint density at radius 2 is 1.51 bits per heavy atom. The van der Waals surface area contributed by atoms with Crippen molar-refractivity contribution in [1.29, 1.82) is 5.26 Å². The molecule has 0 aliphatic heterocycles. The Labute approximate surface area is 270 Å². The molecule has 4 aromatic carbocycles. The first-order valence-electron chi connectivity index (χ1n) is 14.6. The van der Waals surface area contributed by atoms with Crippen molar-refractivity contribution in [1.82, 2.24) is 9.55 Å². The number of ether oxygens (including phenoxy) is 1. The van der Waals surface area contributed by atoms with E-state index in [0.29, 0.717) is 28.6 Å². The molecule has 0 saturated heterocycles. The minimum atomic E-state index is -3.14. The number of benzene rings is 4. The van der Waals surface area contributed by atoms with Gasteiger partial charge in [0.2, 0.25) is 0 Å². The molecule has 9 heteroatoms. The van der Waals surface area contributed by atoms with Crippen molar-refractivity contribution in [2.75, 3.05) is 12.4 Å². The highest BCUT2D eigenvalue weighted by atomic mass is 35.5. The summed E-state index contributed by atoms with van der Waals surface area (Å²) < 4.78 is 14.3. The Kier molecular flexibility index (Phi) is 9.54. The van der Waals surface area contributed by atoms with Crippen LogP contribution in [0.25, 0.3) is 0 Å². The van der Waals surface area contributed by atoms with Crippen LogP contribution >= 0.6 is 11.6 Å². The van der Waals surface area contributed by atoms with E-state index in [4.69, 9.17) is 25.7 Å². The van der Waals surface area contributed by atoms with E-state index in [0.717, 1.165) is 21.7 Å². The molecule has 1 amide bonds. The van der Waals surface area contributed by atoms with Gasteiger partial charge in [-0.2, -0.15) is 5.26 Å². The third-order valence-electron chi connectivity index (χ3n) is 7.79. The van der Waals surface area contributed by atoms with Gasteiger partial charge in [0.25, 0.3) is 14.2 Å². The second-order valence-corrected chi connectivity index (χ2v) is 16.4. The molecule has 0 saturated carbocycles. The molecule has 1 N–H and O–H groups in total. The SMILES string of the molecule is COc1ccc(Cn2cnc([C@@H](C#N)O[Si](c3ccccc3)(c3ccccc3)C(C)(C)C)c2NC(=O)c2ccc(Cl)cc2)cc1. The largest absolute Gasteiger partial charge is 0.497 e. The molecule has 5 aromatic rings.